The first-order valence-corrected chi connectivity index (χ1v) is 24.7. The molecule has 65 heavy (non-hydrogen) atoms. The average molecular weight is 864 g/mol. The predicted molar refractivity (Wildman–Crippen MR) is 284 cm³/mol. The molecule has 0 atom stereocenters. The first-order chi connectivity index (χ1) is 30.7. The second kappa shape index (κ2) is 13.3. The Morgan fingerprint density at radius 3 is 1.97 bits per heavy atom. The number of rotatable bonds is 3. The monoisotopic (exact) mass is 863 g/mol. The largest absolute Gasteiger partial charge is 0.355 e. The van der Waals surface area contributed by atoms with Crippen LogP contribution in [0.2, 0.25) is 0 Å². The summed E-state index contributed by atoms with van der Waals surface area (Å²) >= 11 is 1.98. The Kier molecular flexibility index (Phi) is 8.36. The summed E-state index contributed by atoms with van der Waals surface area (Å²) in [5.41, 5.74) is 22.6. The van der Waals surface area contributed by atoms with Crippen LogP contribution in [0.4, 0.5) is 11.4 Å². The molecule has 323 valence electrons. The van der Waals surface area contributed by atoms with Gasteiger partial charge in [0.05, 0.1) is 11.0 Å². The molecule has 0 fully saturated rings. The van der Waals surface area contributed by atoms with Gasteiger partial charge in [0.1, 0.15) is 0 Å². The maximum Gasteiger partial charge on any atom is 0.197 e. The highest BCUT2D eigenvalue weighted by atomic mass is 32.1. The molecule has 2 nitrogen and oxygen atoms in total. The van der Waals surface area contributed by atoms with Gasteiger partial charge in [-0.15, -0.1) is 11.3 Å². The quantitative estimate of drug-likeness (QED) is 0.175. The van der Waals surface area contributed by atoms with Crippen LogP contribution in [-0.2, 0) is 27.1 Å². The average Bonchev–Trinajstić information content (AvgIpc) is 3.88. The van der Waals surface area contributed by atoms with E-state index in [1.807, 2.05) is 11.3 Å². The molecule has 0 saturated carbocycles. The van der Waals surface area contributed by atoms with Gasteiger partial charge in [-0.3, -0.25) is 0 Å². The number of benzene rings is 7. The number of thiophene rings is 1. The fourth-order valence-corrected chi connectivity index (χ4v) is 13.2. The van der Waals surface area contributed by atoms with Crippen molar-refractivity contribution >= 4 is 82.9 Å². The summed E-state index contributed by atoms with van der Waals surface area (Å²) in [7, 11) is 2.57. The Bertz CT molecular complexity index is 3520. The number of hydrogen-bond donors (Lipinski definition) is 1. The SMILES string of the molecule is CC(C)(C)c1ccc(Nc2ccc(C(C)(C)C)cc2-c2c3c4c(c5cc6c(cc5n4-c4cc5c(cc4[B]3)-c3ccccc3C5(C)C)C(C)(C)CCC6(C)C)c3sc4ccccc4c23)cc1. The van der Waals surface area contributed by atoms with Gasteiger partial charge in [0.2, 0.25) is 0 Å². The van der Waals surface area contributed by atoms with Crippen LogP contribution >= 0.6 is 11.3 Å². The van der Waals surface area contributed by atoms with E-state index in [1.165, 1.54) is 127 Å². The number of anilines is 2. The Morgan fingerprint density at radius 2 is 1.25 bits per heavy atom. The van der Waals surface area contributed by atoms with Gasteiger partial charge in [0, 0.05) is 59.0 Å². The van der Waals surface area contributed by atoms with Gasteiger partial charge in [-0.1, -0.05) is 155 Å². The van der Waals surface area contributed by atoms with E-state index in [4.69, 9.17) is 0 Å². The lowest BCUT2D eigenvalue weighted by Crippen LogP contribution is -2.38. The lowest BCUT2D eigenvalue weighted by molar-refractivity contribution is 0.332. The molecule has 1 N–H and O–H groups in total. The second-order valence-corrected chi connectivity index (χ2v) is 24.6. The summed E-state index contributed by atoms with van der Waals surface area (Å²) in [6, 6.07) is 44.9. The molecule has 2 aliphatic carbocycles. The zero-order chi connectivity index (χ0) is 45.3. The minimum absolute atomic E-state index is 0.0521. The van der Waals surface area contributed by atoms with Crippen molar-refractivity contribution < 1.29 is 0 Å². The lowest BCUT2D eigenvalue weighted by Gasteiger charge is -2.42. The van der Waals surface area contributed by atoms with Crippen LogP contribution in [-0.4, -0.2) is 11.8 Å². The highest BCUT2D eigenvalue weighted by molar-refractivity contribution is 7.27. The van der Waals surface area contributed by atoms with Gasteiger partial charge in [-0.05, 0) is 139 Å². The normalized spacial score (nSPS) is 16.7. The van der Waals surface area contributed by atoms with Crippen molar-refractivity contribution in [2.45, 2.75) is 123 Å². The molecule has 4 heteroatoms. The van der Waals surface area contributed by atoms with Crippen LogP contribution in [0.5, 0.6) is 0 Å². The molecule has 0 bridgehead atoms. The number of nitrogens with zero attached hydrogens (tertiary/aromatic N) is 1. The number of nitrogens with one attached hydrogen (secondary N) is 1. The van der Waals surface area contributed by atoms with E-state index < -0.39 is 0 Å². The Balaban J connectivity index is 1.25. The highest BCUT2D eigenvalue weighted by Gasteiger charge is 2.41. The van der Waals surface area contributed by atoms with Gasteiger partial charge in [-0.2, -0.15) is 0 Å². The van der Waals surface area contributed by atoms with Crippen LogP contribution in [0.15, 0.2) is 115 Å². The molecular weight excluding hydrogens is 804 g/mol. The van der Waals surface area contributed by atoms with Crippen LogP contribution in [0.3, 0.4) is 0 Å². The second-order valence-electron chi connectivity index (χ2n) is 23.6. The fourth-order valence-electron chi connectivity index (χ4n) is 12.0. The zero-order valence-corrected chi connectivity index (χ0v) is 41.1. The molecule has 12 rings (SSSR count). The van der Waals surface area contributed by atoms with Crippen molar-refractivity contribution in [3.05, 3.63) is 149 Å². The molecule has 3 heterocycles. The minimum Gasteiger partial charge on any atom is -0.355 e. The van der Waals surface area contributed by atoms with Crippen molar-refractivity contribution in [1.82, 2.24) is 4.57 Å². The molecule has 0 unspecified atom stereocenters. The van der Waals surface area contributed by atoms with Crippen LogP contribution in [0, 0.1) is 0 Å². The fraction of sp³-hybridized carbons (Fsp3) is 0.311. The number of hydrogen-bond acceptors (Lipinski definition) is 2. The third kappa shape index (κ3) is 5.84. The van der Waals surface area contributed by atoms with E-state index in [2.05, 4.69) is 216 Å². The Morgan fingerprint density at radius 1 is 0.585 bits per heavy atom. The van der Waals surface area contributed by atoms with Gasteiger partial charge >= 0.3 is 0 Å². The third-order valence-corrected chi connectivity index (χ3v) is 17.2. The van der Waals surface area contributed by atoms with Gasteiger partial charge in [-0.25, -0.2) is 0 Å². The van der Waals surface area contributed by atoms with E-state index in [9.17, 15) is 0 Å². The molecule has 1 aliphatic heterocycles. The molecule has 0 amide bonds. The predicted octanol–water partition coefficient (Wildman–Crippen LogP) is 15.8. The summed E-state index contributed by atoms with van der Waals surface area (Å²) < 4.78 is 5.42. The lowest BCUT2D eigenvalue weighted by atomic mass is 9.58. The van der Waals surface area contributed by atoms with Crippen LogP contribution in [0.25, 0.3) is 69.9 Å². The summed E-state index contributed by atoms with van der Waals surface area (Å²) in [6.45, 7) is 28.6. The highest BCUT2D eigenvalue weighted by Crippen LogP contribution is 2.54. The topological polar surface area (TPSA) is 17.0 Å². The molecule has 0 saturated heterocycles. The van der Waals surface area contributed by atoms with Crippen molar-refractivity contribution in [3.8, 4) is 27.9 Å². The van der Waals surface area contributed by atoms with Crippen LogP contribution < -0.4 is 16.2 Å². The molecule has 9 aromatic rings. The molecule has 3 aliphatic rings. The van der Waals surface area contributed by atoms with E-state index in [-0.39, 0.29) is 27.1 Å². The number of aromatic nitrogens is 1. The third-order valence-electron chi connectivity index (χ3n) is 16.0. The molecule has 7 aromatic carbocycles. The van der Waals surface area contributed by atoms with E-state index >= 15 is 0 Å². The van der Waals surface area contributed by atoms with Gasteiger partial charge in [0.15, 0.2) is 7.28 Å². The van der Waals surface area contributed by atoms with Gasteiger partial charge < -0.3 is 9.88 Å². The maximum atomic E-state index is 4.00. The van der Waals surface area contributed by atoms with E-state index in [0.29, 0.717) is 0 Å². The summed E-state index contributed by atoms with van der Waals surface area (Å²) in [5.74, 6) is 0. The molecule has 1 radical (unpaired) electrons. The van der Waals surface area contributed by atoms with Crippen molar-refractivity contribution in [2.24, 2.45) is 0 Å². The van der Waals surface area contributed by atoms with Crippen LogP contribution in [0.1, 0.15) is 129 Å². The standard InChI is InChI=1S/C61H60BN2S/c1-57(2,3)34-21-24-36(25-22-34)63-47-26-23-35(58(4,5)6)29-40(47)51-52-38-18-14-16-20-50(38)65-56(52)53-41-30-44-45(60(9,10)28-27-59(44,7)8)33-48(41)64-49-32-43-39(31-46(49)62-54(51)55(53)64)37-17-13-15-19-42(37)61(43,11)12/h13-26,29-33,63H,27-28H2,1-12H3. The van der Waals surface area contributed by atoms with Crippen molar-refractivity contribution in [2.75, 3.05) is 5.32 Å². The van der Waals surface area contributed by atoms with Gasteiger partial charge in [0.25, 0.3) is 0 Å². The van der Waals surface area contributed by atoms with E-state index in [1.54, 1.807) is 0 Å². The summed E-state index contributed by atoms with van der Waals surface area (Å²) in [6.07, 6.45) is 2.36. The summed E-state index contributed by atoms with van der Waals surface area (Å²) in [4.78, 5) is 0. The molecule has 2 aromatic heterocycles. The van der Waals surface area contributed by atoms with E-state index in [0.717, 1.165) is 11.4 Å². The molecule has 0 spiro atoms. The molecular formula is C61H60BN2S. The number of fused-ring (bicyclic) bond motifs is 13. The van der Waals surface area contributed by atoms with Crippen molar-refractivity contribution in [3.63, 3.8) is 0 Å². The Labute approximate surface area is 390 Å². The summed E-state index contributed by atoms with van der Waals surface area (Å²) in [5, 5.41) is 9.45. The Hall–Kier alpha value is -5.58. The first kappa shape index (κ1) is 40.9. The smallest absolute Gasteiger partial charge is 0.197 e. The minimum atomic E-state index is -0.117. The first-order valence-electron chi connectivity index (χ1n) is 23.9. The zero-order valence-electron chi connectivity index (χ0n) is 40.3. The van der Waals surface area contributed by atoms with Crippen molar-refractivity contribution in [1.29, 1.82) is 0 Å². The maximum absolute atomic E-state index is 4.00.